The van der Waals surface area contributed by atoms with Gasteiger partial charge in [-0.3, -0.25) is 4.79 Å². The maximum atomic E-state index is 13.8. The van der Waals surface area contributed by atoms with Crippen LogP contribution in [0.3, 0.4) is 0 Å². The van der Waals surface area contributed by atoms with Gasteiger partial charge in [-0.25, -0.2) is 18.2 Å². The van der Waals surface area contributed by atoms with Crippen LogP contribution in [-0.2, 0) is 0 Å². The van der Waals surface area contributed by atoms with Gasteiger partial charge in [-0.2, -0.15) is 4.98 Å². The molecule has 4 rings (SSSR count). The van der Waals surface area contributed by atoms with Crippen molar-refractivity contribution in [1.82, 2.24) is 15.3 Å². The van der Waals surface area contributed by atoms with E-state index in [1.165, 1.54) is 0 Å². The predicted octanol–water partition coefficient (Wildman–Crippen LogP) is 4.51. The Morgan fingerprint density at radius 1 is 1.00 bits per heavy atom. The Labute approximate surface area is 190 Å². The molecule has 2 N–H and O–H groups in total. The van der Waals surface area contributed by atoms with Gasteiger partial charge in [0.15, 0.2) is 11.6 Å². The smallest absolute Gasteiger partial charge is 0.254 e. The molecule has 0 radical (unpaired) electrons. The third-order valence-corrected chi connectivity index (χ3v) is 5.99. The van der Waals surface area contributed by atoms with Crippen molar-refractivity contribution < 1.29 is 18.0 Å². The summed E-state index contributed by atoms with van der Waals surface area (Å²) < 4.78 is 40.2. The van der Waals surface area contributed by atoms with Crippen molar-refractivity contribution in [3.8, 4) is 0 Å². The van der Waals surface area contributed by atoms with Gasteiger partial charge in [0.2, 0.25) is 5.95 Å². The number of anilines is 2. The van der Waals surface area contributed by atoms with Gasteiger partial charge in [0.05, 0.1) is 11.1 Å². The number of hydrogen-bond donors (Lipinski definition) is 2. The summed E-state index contributed by atoms with van der Waals surface area (Å²) in [6.45, 7) is 0.348. The Bertz CT molecular complexity index is 1160. The molecule has 9 heteroatoms. The number of rotatable bonds is 6. The molecule has 1 amide bonds. The molecule has 33 heavy (non-hydrogen) atoms. The Kier molecular flexibility index (Phi) is 6.67. The molecule has 1 saturated carbocycles. The van der Waals surface area contributed by atoms with Crippen molar-refractivity contribution >= 4 is 28.6 Å². The number of aromatic nitrogens is 2. The molecule has 1 aliphatic carbocycles. The number of nitrogens with zero attached hydrogens (tertiary/aromatic N) is 3. The van der Waals surface area contributed by atoms with Crippen molar-refractivity contribution in [2.24, 2.45) is 5.92 Å². The van der Waals surface area contributed by atoms with Gasteiger partial charge >= 0.3 is 0 Å². The Balaban J connectivity index is 1.32. The minimum absolute atomic E-state index is 0.205. The predicted molar refractivity (Wildman–Crippen MR) is 122 cm³/mol. The fourth-order valence-electron chi connectivity index (χ4n) is 4.19. The molecule has 1 heterocycles. The minimum atomic E-state index is -1.32. The number of carbonyl (C=O) groups excluding carboxylic acids is 1. The van der Waals surface area contributed by atoms with Crippen LogP contribution in [0.2, 0.25) is 0 Å². The quantitative estimate of drug-likeness (QED) is 0.533. The number of benzene rings is 2. The van der Waals surface area contributed by atoms with Crippen LogP contribution in [0.25, 0.3) is 10.9 Å². The number of fused-ring (bicyclic) bond motifs is 1. The highest BCUT2D eigenvalue weighted by Gasteiger charge is 2.24. The Morgan fingerprint density at radius 2 is 1.70 bits per heavy atom. The first-order valence-electron chi connectivity index (χ1n) is 10.9. The highest BCUT2D eigenvalue weighted by atomic mass is 19.2. The van der Waals surface area contributed by atoms with Gasteiger partial charge < -0.3 is 15.5 Å². The number of nitrogens with one attached hydrogen (secondary N) is 2. The lowest BCUT2D eigenvalue weighted by atomic mass is 9.86. The van der Waals surface area contributed by atoms with Gasteiger partial charge in [0.1, 0.15) is 11.6 Å². The zero-order chi connectivity index (χ0) is 23.5. The molecule has 3 aromatic rings. The number of para-hydroxylation sites is 1. The van der Waals surface area contributed by atoms with Crippen LogP contribution >= 0.6 is 0 Å². The molecule has 0 unspecified atom stereocenters. The van der Waals surface area contributed by atoms with E-state index in [-0.39, 0.29) is 12.0 Å². The zero-order valence-electron chi connectivity index (χ0n) is 18.5. The first kappa shape index (κ1) is 22.8. The molecule has 174 valence electrons. The summed E-state index contributed by atoms with van der Waals surface area (Å²) in [5.41, 5.74) is 0.383. The SMILES string of the molecule is CN(C)c1nc(NC2CCC(CNC(=O)c3cc(F)c(F)cc3F)CC2)nc2ccccc12. The molecule has 6 nitrogen and oxygen atoms in total. The van der Waals surface area contributed by atoms with Gasteiger partial charge in [-0.15, -0.1) is 0 Å². The van der Waals surface area contributed by atoms with Crippen LogP contribution in [-0.4, -0.2) is 42.6 Å². The maximum Gasteiger partial charge on any atom is 0.254 e. The van der Waals surface area contributed by atoms with Crippen LogP contribution in [0, 0.1) is 23.4 Å². The summed E-state index contributed by atoms with van der Waals surface area (Å²) >= 11 is 0. The summed E-state index contributed by atoms with van der Waals surface area (Å²) in [7, 11) is 3.90. The summed E-state index contributed by atoms with van der Waals surface area (Å²) in [4.78, 5) is 23.5. The largest absolute Gasteiger partial charge is 0.362 e. The molecular formula is C24H26F3N5O. The van der Waals surface area contributed by atoms with E-state index >= 15 is 0 Å². The Morgan fingerprint density at radius 3 is 2.42 bits per heavy atom. The molecule has 0 aliphatic heterocycles. The van der Waals surface area contributed by atoms with E-state index in [0.717, 1.165) is 42.4 Å². The first-order valence-corrected chi connectivity index (χ1v) is 10.9. The van der Waals surface area contributed by atoms with Crippen LogP contribution in [0.4, 0.5) is 24.9 Å². The molecule has 0 saturated heterocycles. The fourth-order valence-corrected chi connectivity index (χ4v) is 4.19. The molecule has 0 bridgehead atoms. The molecule has 1 aromatic heterocycles. The lowest BCUT2D eigenvalue weighted by molar-refractivity contribution is 0.0938. The molecule has 2 aromatic carbocycles. The van der Waals surface area contributed by atoms with Crippen LogP contribution in [0.1, 0.15) is 36.0 Å². The van der Waals surface area contributed by atoms with Crippen molar-refractivity contribution in [1.29, 1.82) is 0 Å². The van der Waals surface area contributed by atoms with Gasteiger partial charge in [-0.1, -0.05) is 12.1 Å². The molecule has 0 spiro atoms. The second-order valence-corrected chi connectivity index (χ2v) is 8.60. The lowest BCUT2D eigenvalue weighted by Gasteiger charge is -2.29. The maximum absolute atomic E-state index is 13.8. The average Bonchev–Trinajstić information content (AvgIpc) is 2.80. The van der Waals surface area contributed by atoms with Gasteiger partial charge in [0.25, 0.3) is 5.91 Å². The average molecular weight is 458 g/mol. The fraction of sp³-hybridized carbons (Fsp3) is 0.375. The van der Waals surface area contributed by atoms with Crippen LogP contribution < -0.4 is 15.5 Å². The number of amides is 1. The molecule has 1 aliphatic rings. The van der Waals surface area contributed by atoms with Crippen LogP contribution in [0.5, 0.6) is 0 Å². The molecule has 1 fully saturated rings. The second-order valence-electron chi connectivity index (χ2n) is 8.60. The van der Waals surface area contributed by atoms with E-state index in [4.69, 9.17) is 0 Å². The topological polar surface area (TPSA) is 70.2 Å². The monoisotopic (exact) mass is 457 g/mol. The number of halogens is 3. The van der Waals surface area contributed by atoms with E-state index in [1.54, 1.807) is 0 Å². The van der Waals surface area contributed by atoms with Crippen molar-refractivity contribution in [3.05, 3.63) is 59.4 Å². The first-order chi connectivity index (χ1) is 15.8. The normalized spacial score (nSPS) is 18.2. The van der Waals surface area contributed by atoms with Gasteiger partial charge in [-0.05, 0) is 49.8 Å². The summed E-state index contributed by atoms with van der Waals surface area (Å²) in [6.07, 6.45) is 3.44. The third kappa shape index (κ3) is 5.18. The highest BCUT2D eigenvalue weighted by molar-refractivity contribution is 5.94. The number of carbonyl (C=O) groups is 1. The van der Waals surface area contributed by atoms with Gasteiger partial charge in [0, 0.05) is 38.1 Å². The van der Waals surface area contributed by atoms with E-state index in [1.807, 2.05) is 43.3 Å². The van der Waals surface area contributed by atoms with E-state index < -0.39 is 28.9 Å². The standard InChI is InChI=1S/C24H26F3N5O/c1-32(2)22-16-5-3-4-6-21(16)30-24(31-22)29-15-9-7-14(8-10-15)13-28-23(33)17-11-19(26)20(27)12-18(17)25/h3-6,11-12,14-15H,7-10,13H2,1-2H3,(H,28,33)(H,29,30,31). The molecular weight excluding hydrogens is 431 g/mol. The lowest BCUT2D eigenvalue weighted by Crippen LogP contribution is -2.34. The number of hydrogen-bond acceptors (Lipinski definition) is 5. The van der Waals surface area contributed by atoms with E-state index in [9.17, 15) is 18.0 Å². The van der Waals surface area contributed by atoms with Crippen molar-refractivity contribution in [3.63, 3.8) is 0 Å². The summed E-state index contributed by atoms with van der Waals surface area (Å²) in [5.74, 6) is -2.73. The van der Waals surface area contributed by atoms with E-state index in [0.29, 0.717) is 24.6 Å². The second kappa shape index (κ2) is 9.64. The highest BCUT2D eigenvalue weighted by Crippen LogP contribution is 2.28. The van der Waals surface area contributed by atoms with Crippen molar-refractivity contribution in [2.75, 3.05) is 30.9 Å². The molecule has 0 atom stereocenters. The minimum Gasteiger partial charge on any atom is -0.362 e. The van der Waals surface area contributed by atoms with Crippen molar-refractivity contribution in [2.45, 2.75) is 31.7 Å². The Hall–Kier alpha value is -3.36. The summed E-state index contributed by atoms with van der Waals surface area (Å²) in [6, 6.07) is 9.06. The summed E-state index contributed by atoms with van der Waals surface area (Å²) in [5, 5.41) is 7.07. The van der Waals surface area contributed by atoms with E-state index in [2.05, 4.69) is 20.6 Å². The zero-order valence-corrected chi connectivity index (χ0v) is 18.5. The van der Waals surface area contributed by atoms with Crippen LogP contribution in [0.15, 0.2) is 36.4 Å². The third-order valence-electron chi connectivity index (χ3n) is 5.99.